The van der Waals surface area contributed by atoms with Gasteiger partial charge in [-0.1, -0.05) is 36.0 Å². The molecule has 0 saturated heterocycles. The minimum absolute atomic E-state index is 0.619. The zero-order valence-electron chi connectivity index (χ0n) is 17.1. The van der Waals surface area contributed by atoms with E-state index in [1.54, 1.807) is 34.4 Å². The number of thiazole rings is 2. The van der Waals surface area contributed by atoms with Gasteiger partial charge in [-0.05, 0) is 43.5 Å². The van der Waals surface area contributed by atoms with Crippen LogP contribution in [0.5, 0.6) is 0 Å². The van der Waals surface area contributed by atoms with E-state index in [1.165, 1.54) is 9.40 Å². The van der Waals surface area contributed by atoms with Crippen molar-refractivity contribution in [2.45, 2.75) is 23.3 Å². The van der Waals surface area contributed by atoms with E-state index in [4.69, 9.17) is 27.3 Å². The standard InChI is InChI=1S/C21H20N6S4/c1-25(11-19-22-14-7-3-5-9-16(14)30-19)13-27-21(28)26(2)18(24-27)12-29-20-23-15-8-4-6-10-17(15)31-20/h3-10H,11-13H2,1-2H3. The first-order chi connectivity index (χ1) is 15.1. The molecule has 5 aromatic rings. The van der Waals surface area contributed by atoms with Crippen LogP contribution < -0.4 is 0 Å². The number of benzene rings is 2. The molecule has 2 aromatic carbocycles. The van der Waals surface area contributed by atoms with E-state index in [1.807, 2.05) is 40.6 Å². The summed E-state index contributed by atoms with van der Waals surface area (Å²) in [6, 6.07) is 16.5. The van der Waals surface area contributed by atoms with Gasteiger partial charge >= 0.3 is 0 Å². The third-order valence-electron chi connectivity index (χ3n) is 4.85. The molecule has 0 saturated carbocycles. The first kappa shape index (κ1) is 20.8. The van der Waals surface area contributed by atoms with Crippen molar-refractivity contribution in [3.8, 4) is 0 Å². The van der Waals surface area contributed by atoms with Gasteiger partial charge in [0.25, 0.3) is 0 Å². The lowest BCUT2D eigenvalue weighted by molar-refractivity contribution is 0.243. The number of nitrogens with zero attached hydrogens (tertiary/aromatic N) is 6. The van der Waals surface area contributed by atoms with Crippen LogP contribution in [0.4, 0.5) is 0 Å². The van der Waals surface area contributed by atoms with Gasteiger partial charge in [-0.15, -0.1) is 22.7 Å². The lowest BCUT2D eigenvalue weighted by atomic mass is 10.3. The van der Waals surface area contributed by atoms with Crippen molar-refractivity contribution in [1.29, 1.82) is 0 Å². The minimum atomic E-state index is 0.619. The molecule has 0 spiro atoms. The molecule has 3 heterocycles. The maximum atomic E-state index is 5.63. The van der Waals surface area contributed by atoms with Gasteiger partial charge in [-0.3, -0.25) is 4.90 Å². The molecule has 0 N–H and O–H groups in total. The second kappa shape index (κ2) is 8.79. The monoisotopic (exact) mass is 484 g/mol. The zero-order valence-corrected chi connectivity index (χ0v) is 20.3. The minimum Gasteiger partial charge on any atom is -0.306 e. The van der Waals surface area contributed by atoms with Crippen LogP contribution in [0.25, 0.3) is 20.4 Å². The fourth-order valence-corrected chi connectivity index (χ4v) is 6.58. The Balaban J connectivity index is 1.26. The van der Waals surface area contributed by atoms with Crippen molar-refractivity contribution >= 4 is 67.1 Å². The summed E-state index contributed by atoms with van der Waals surface area (Å²) in [7, 11) is 4.05. The van der Waals surface area contributed by atoms with Gasteiger partial charge in [0, 0.05) is 7.05 Å². The molecular formula is C21H20N6S4. The van der Waals surface area contributed by atoms with Crippen LogP contribution in [0.2, 0.25) is 0 Å². The molecule has 0 radical (unpaired) electrons. The second-order valence-electron chi connectivity index (χ2n) is 7.22. The Hall–Kier alpha value is -2.11. The predicted molar refractivity (Wildman–Crippen MR) is 132 cm³/mol. The van der Waals surface area contributed by atoms with Crippen LogP contribution in [0.1, 0.15) is 10.8 Å². The first-order valence-corrected chi connectivity index (χ1v) is 12.7. The van der Waals surface area contributed by atoms with Crippen LogP contribution in [0.3, 0.4) is 0 Å². The lowest BCUT2D eigenvalue weighted by Crippen LogP contribution is -2.22. The first-order valence-electron chi connectivity index (χ1n) is 9.71. The van der Waals surface area contributed by atoms with E-state index in [-0.39, 0.29) is 0 Å². The van der Waals surface area contributed by atoms with E-state index in [9.17, 15) is 0 Å². The number of rotatable bonds is 7. The smallest absolute Gasteiger partial charge is 0.198 e. The number of fused-ring (bicyclic) bond motifs is 2. The molecule has 6 nitrogen and oxygen atoms in total. The summed E-state index contributed by atoms with van der Waals surface area (Å²) < 4.78 is 8.07. The van der Waals surface area contributed by atoms with Crippen LogP contribution in [-0.2, 0) is 26.0 Å². The Bertz CT molecular complexity index is 1350. The summed E-state index contributed by atoms with van der Waals surface area (Å²) in [6.45, 7) is 1.38. The molecule has 5 rings (SSSR count). The van der Waals surface area contributed by atoms with Crippen LogP contribution >= 0.6 is 46.7 Å². The average molecular weight is 485 g/mol. The number of hydrogen-bond donors (Lipinski definition) is 0. The van der Waals surface area contributed by atoms with Crippen LogP contribution in [0.15, 0.2) is 52.9 Å². The van der Waals surface area contributed by atoms with Crippen molar-refractivity contribution in [3.63, 3.8) is 0 Å². The summed E-state index contributed by atoms with van der Waals surface area (Å²) in [5, 5.41) is 5.87. The lowest BCUT2D eigenvalue weighted by Gasteiger charge is -2.14. The molecule has 0 fully saturated rings. The van der Waals surface area contributed by atoms with Gasteiger partial charge in [0.15, 0.2) is 9.11 Å². The molecule has 0 amide bonds. The average Bonchev–Trinajstić information content (AvgIpc) is 3.43. The highest BCUT2D eigenvalue weighted by Crippen LogP contribution is 2.31. The van der Waals surface area contributed by atoms with Gasteiger partial charge in [0.2, 0.25) is 0 Å². The molecule has 3 aromatic heterocycles. The highest BCUT2D eigenvalue weighted by molar-refractivity contribution is 8.00. The van der Waals surface area contributed by atoms with Crippen LogP contribution in [-0.4, -0.2) is 36.3 Å². The quantitative estimate of drug-likeness (QED) is 0.223. The van der Waals surface area contributed by atoms with E-state index in [2.05, 4.69) is 36.2 Å². The Morgan fingerprint density at radius 2 is 1.68 bits per heavy atom. The Kier molecular flexibility index (Phi) is 5.89. The largest absolute Gasteiger partial charge is 0.306 e. The second-order valence-corrected chi connectivity index (χ2v) is 11.0. The summed E-state index contributed by atoms with van der Waals surface area (Å²) >= 11 is 10.8. The third kappa shape index (κ3) is 4.44. The SMILES string of the molecule is CN(Cc1nc2ccccc2s1)Cn1nc(CSc2nc3ccccc3s2)n(C)c1=S. The molecule has 0 bridgehead atoms. The molecule has 0 unspecified atom stereocenters. The summed E-state index contributed by atoms with van der Waals surface area (Å²) in [4.78, 5) is 11.6. The van der Waals surface area contributed by atoms with Crippen LogP contribution in [0, 0.1) is 4.77 Å². The zero-order chi connectivity index (χ0) is 21.4. The molecular weight excluding hydrogens is 465 g/mol. The van der Waals surface area contributed by atoms with Gasteiger partial charge in [0.05, 0.1) is 39.4 Å². The van der Waals surface area contributed by atoms with Crippen molar-refractivity contribution in [2.24, 2.45) is 7.05 Å². The molecule has 0 aliphatic carbocycles. The van der Waals surface area contributed by atoms with Crippen molar-refractivity contribution in [1.82, 2.24) is 29.2 Å². The van der Waals surface area contributed by atoms with E-state index >= 15 is 0 Å². The highest BCUT2D eigenvalue weighted by atomic mass is 32.2. The van der Waals surface area contributed by atoms with Crippen molar-refractivity contribution in [3.05, 3.63) is 64.1 Å². The van der Waals surface area contributed by atoms with Gasteiger partial charge in [0.1, 0.15) is 10.8 Å². The maximum Gasteiger partial charge on any atom is 0.198 e. The van der Waals surface area contributed by atoms with Crippen molar-refractivity contribution in [2.75, 3.05) is 7.05 Å². The van der Waals surface area contributed by atoms with E-state index in [0.717, 1.165) is 43.3 Å². The number of hydrogen-bond acceptors (Lipinski definition) is 8. The molecule has 158 valence electrons. The highest BCUT2D eigenvalue weighted by Gasteiger charge is 2.13. The topological polar surface area (TPSA) is 51.8 Å². The number of para-hydroxylation sites is 2. The summed E-state index contributed by atoms with van der Waals surface area (Å²) in [5.41, 5.74) is 2.10. The van der Waals surface area contributed by atoms with E-state index < -0.39 is 0 Å². The van der Waals surface area contributed by atoms with Gasteiger partial charge < -0.3 is 4.57 Å². The molecule has 10 heteroatoms. The third-order valence-corrected chi connectivity index (χ3v) is 8.53. The number of aromatic nitrogens is 5. The number of thioether (sulfide) groups is 1. The molecule has 0 atom stereocenters. The van der Waals surface area contributed by atoms with Gasteiger partial charge in [-0.2, -0.15) is 5.10 Å². The molecule has 0 aliphatic rings. The van der Waals surface area contributed by atoms with Crippen molar-refractivity contribution < 1.29 is 0 Å². The fraction of sp³-hybridized carbons (Fsp3) is 0.238. The summed E-state index contributed by atoms with van der Waals surface area (Å²) in [5.74, 6) is 1.68. The molecule has 0 aliphatic heterocycles. The Morgan fingerprint density at radius 1 is 1.00 bits per heavy atom. The van der Waals surface area contributed by atoms with Gasteiger partial charge in [-0.25, -0.2) is 14.6 Å². The predicted octanol–water partition coefficient (Wildman–Crippen LogP) is 5.55. The normalized spacial score (nSPS) is 11.8. The van der Waals surface area contributed by atoms with E-state index in [0.29, 0.717) is 6.67 Å². The summed E-state index contributed by atoms with van der Waals surface area (Å²) in [6.07, 6.45) is 0. The molecule has 31 heavy (non-hydrogen) atoms. The maximum absolute atomic E-state index is 5.63. The Morgan fingerprint density at radius 3 is 2.39 bits per heavy atom. The Labute approximate surface area is 197 Å². The fourth-order valence-electron chi connectivity index (χ4n) is 3.29.